The van der Waals surface area contributed by atoms with Crippen molar-refractivity contribution < 1.29 is 18.7 Å². The molecule has 0 aliphatic rings. The van der Waals surface area contributed by atoms with Crippen LogP contribution in [0.5, 0.6) is 5.75 Å². The van der Waals surface area contributed by atoms with Gasteiger partial charge in [-0.2, -0.15) is 5.10 Å². The first-order valence-corrected chi connectivity index (χ1v) is 6.84. The van der Waals surface area contributed by atoms with Crippen LogP contribution in [0.15, 0.2) is 24.5 Å². The molecule has 22 heavy (non-hydrogen) atoms. The lowest BCUT2D eigenvalue weighted by molar-refractivity contribution is -0.152. The van der Waals surface area contributed by atoms with Crippen molar-refractivity contribution in [2.45, 2.75) is 26.3 Å². The minimum atomic E-state index is -1.05. The fraction of sp³-hybridized carbons (Fsp3) is 0.400. The molecule has 0 N–H and O–H groups in total. The van der Waals surface area contributed by atoms with Crippen molar-refractivity contribution in [2.24, 2.45) is 0 Å². The summed E-state index contributed by atoms with van der Waals surface area (Å²) in [5.41, 5.74) is -0.747. The summed E-state index contributed by atoms with van der Waals surface area (Å²) in [7, 11) is 1.45. The van der Waals surface area contributed by atoms with Gasteiger partial charge in [-0.05, 0) is 32.9 Å². The number of methoxy groups -OCH3 is 1. The Bertz CT molecular complexity index is 682. The maximum atomic E-state index is 13.9. The number of carbonyl (C=O) groups is 1. The largest absolute Gasteiger partial charge is 0.493 e. The van der Waals surface area contributed by atoms with Crippen LogP contribution >= 0.6 is 0 Å². The van der Waals surface area contributed by atoms with Gasteiger partial charge in [0.2, 0.25) is 0 Å². The number of hydrogen-bond acceptors (Lipinski definition) is 5. The van der Waals surface area contributed by atoms with E-state index in [4.69, 9.17) is 9.47 Å². The topological polar surface area (TPSA) is 66.2 Å². The molecule has 0 amide bonds. The minimum Gasteiger partial charge on any atom is -0.493 e. The Morgan fingerprint density at radius 2 is 2.14 bits per heavy atom. The van der Waals surface area contributed by atoms with E-state index < -0.39 is 17.3 Å². The second-order valence-corrected chi connectivity index (χ2v) is 5.10. The second kappa shape index (κ2) is 6.13. The molecule has 0 aliphatic heterocycles. The normalized spacial score (nSPS) is 11.3. The quantitative estimate of drug-likeness (QED) is 0.794. The Hall–Kier alpha value is -2.44. The molecule has 2 rings (SSSR count). The molecule has 0 saturated carbocycles. The summed E-state index contributed by atoms with van der Waals surface area (Å²) in [6.07, 6.45) is 2.99. The van der Waals surface area contributed by atoms with Gasteiger partial charge in [0.15, 0.2) is 22.8 Å². The lowest BCUT2D eigenvalue weighted by Gasteiger charge is -2.22. The summed E-state index contributed by atoms with van der Waals surface area (Å²) < 4.78 is 25.6. The molecule has 0 aromatic carbocycles. The maximum Gasteiger partial charge on any atom is 0.333 e. The molecule has 0 saturated heterocycles. The summed E-state index contributed by atoms with van der Waals surface area (Å²) in [5.74, 6) is -0.622. The third-order valence-electron chi connectivity index (χ3n) is 3.23. The summed E-state index contributed by atoms with van der Waals surface area (Å²) >= 11 is 0. The molecule has 118 valence electrons. The number of halogens is 1. The van der Waals surface area contributed by atoms with Crippen molar-refractivity contribution in [1.82, 2.24) is 14.8 Å². The summed E-state index contributed by atoms with van der Waals surface area (Å²) in [6, 6.07) is 2.78. The number of aromatic nitrogens is 3. The van der Waals surface area contributed by atoms with Gasteiger partial charge in [0.05, 0.1) is 19.9 Å². The zero-order chi connectivity index (χ0) is 16.3. The van der Waals surface area contributed by atoms with Crippen LogP contribution < -0.4 is 4.74 Å². The highest BCUT2D eigenvalue weighted by molar-refractivity contribution is 5.78. The number of rotatable bonds is 5. The number of ether oxygens (including phenoxy) is 2. The monoisotopic (exact) mass is 307 g/mol. The summed E-state index contributed by atoms with van der Waals surface area (Å²) in [5, 5.41) is 4.28. The Kier molecular flexibility index (Phi) is 4.44. The molecule has 6 nitrogen and oxygen atoms in total. The molecule has 0 aliphatic carbocycles. The zero-order valence-electron chi connectivity index (χ0n) is 13.0. The van der Waals surface area contributed by atoms with Gasteiger partial charge in [-0.15, -0.1) is 0 Å². The summed E-state index contributed by atoms with van der Waals surface area (Å²) in [6.45, 7) is 5.32. The number of esters is 1. The van der Waals surface area contributed by atoms with E-state index in [0.717, 1.165) is 0 Å². The van der Waals surface area contributed by atoms with Gasteiger partial charge < -0.3 is 9.47 Å². The number of nitrogens with zero attached hydrogens (tertiary/aromatic N) is 3. The fourth-order valence-corrected chi connectivity index (χ4v) is 1.92. The molecule has 2 aromatic rings. The van der Waals surface area contributed by atoms with Crippen LogP contribution in [0.2, 0.25) is 0 Å². The first kappa shape index (κ1) is 15.9. The maximum absolute atomic E-state index is 13.9. The molecular weight excluding hydrogens is 289 g/mol. The van der Waals surface area contributed by atoms with Crippen LogP contribution in [0.25, 0.3) is 11.4 Å². The average Bonchev–Trinajstić information content (AvgIpc) is 2.92. The van der Waals surface area contributed by atoms with Gasteiger partial charge in [-0.1, -0.05) is 0 Å². The van der Waals surface area contributed by atoms with Crippen LogP contribution in [0, 0.1) is 5.82 Å². The van der Waals surface area contributed by atoms with Crippen molar-refractivity contribution in [3.05, 3.63) is 30.3 Å². The van der Waals surface area contributed by atoms with Gasteiger partial charge in [0.1, 0.15) is 5.69 Å². The third-order valence-corrected chi connectivity index (χ3v) is 3.23. The molecule has 0 radical (unpaired) electrons. The minimum absolute atomic E-state index is 0.0674. The predicted octanol–water partition coefficient (Wildman–Crippen LogP) is 2.39. The Balaban J connectivity index is 2.50. The fourth-order valence-electron chi connectivity index (χ4n) is 1.92. The highest BCUT2D eigenvalue weighted by Gasteiger charge is 2.34. The van der Waals surface area contributed by atoms with Gasteiger partial charge in [-0.25, -0.2) is 9.18 Å². The van der Waals surface area contributed by atoms with E-state index in [1.54, 1.807) is 20.8 Å². The van der Waals surface area contributed by atoms with Crippen molar-refractivity contribution >= 4 is 5.97 Å². The van der Waals surface area contributed by atoms with Crippen molar-refractivity contribution in [3.8, 4) is 17.1 Å². The van der Waals surface area contributed by atoms with Crippen molar-refractivity contribution in [1.29, 1.82) is 0 Å². The Morgan fingerprint density at radius 1 is 1.41 bits per heavy atom. The molecule has 0 fully saturated rings. The molecule has 0 unspecified atom stereocenters. The SMILES string of the molecule is CCOC(=O)C(C)(C)n1cc(OC)c(-c2ncccc2F)n1. The lowest BCUT2D eigenvalue weighted by Crippen LogP contribution is -2.37. The van der Waals surface area contributed by atoms with Crippen LogP contribution in [0.3, 0.4) is 0 Å². The molecule has 2 aromatic heterocycles. The third kappa shape index (κ3) is 2.79. The highest BCUT2D eigenvalue weighted by atomic mass is 19.1. The summed E-state index contributed by atoms with van der Waals surface area (Å²) in [4.78, 5) is 16.1. The highest BCUT2D eigenvalue weighted by Crippen LogP contribution is 2.31. The van der Waals surface area contributed by atoms with Crippen molar-refractivity contribution in [3.63, 3.8) is 0 Å². The van der Waals surface area contributed by atoms with E-state index >= 15 is 0 Å². The van der Waals surface area contributed by atoms with Crippen LogP contribution in [-0.2, 0) is 15.1 Å². The number of carbonyl (C=O) groups excluding carboxylic acids is 1. The van der Waals surface area contributed by atoms with E-state index in [1.807, 2.05) is 0 Å². The van der Waals surface area contributed by atoms with Crippen LogP contribution in [-0.4, -0.2) is 34.5 Å². The van der Waals surface area contributed by atoms with E-state index in [-0.39, 0.29) is 18.0 Å². The van der Waals surface area contributed by atoms with E-state index in [2.05, 4.69) is 10.1 Å². The van der Waals surface area contributed by atoms with Gasteiger partial charge in [-0.3, -0.25) is 9.67 Å². The Morgan fingerprint density at radius 3 is 2.73 bits per heavy atom. The molecule has 0 spiro atoms. The zero-order valence-corrected chi connectivity index (χ0v) is 13.0. The van der Waals surface area contributed by atoms with Crippen LogP contribution in [0.4, 0.5) is 4.39 Å². The molecular formula is C15H18FN3O3. The molecule has 0 atom stereocenters. The van der Waals surface area contributed by atoms with Crippen molar-refractivity contribution in [2.75, 3.05) is 13.7 Å². The van der Waals surface area contributed by atoms with E-state index in [9.17, 15) is 9.18 Å². The van der Waals surface area contributed by atoms with Crippen LogP contribution in [0.1, 0.15) is 20.8 Å². The molecule has 0 bridgehead atoms. The van der Waals surface area contributed by atoms with Gasteiger partial charge in [0, 0.05) is 6.20 Å². The van der Waals surface area contributed by atoms with E-state index in [1.165, 1.54) is 36.3 Å². The first-order chi connectivity index (χ1) is 10.4. The standard InChI is InChI=1S/C15H18FN3O3/c1-5-22-14(20)15(2,3)19-9-11(21-4)13(18-19)12-10(16)7-6-8-17-12/h6-9H,5H2,1-4H3. The number of hydrogen-bond donors (Lipinski definition) is 0. The predicted molar refractivity (Wildman–Crippen MR) is 77.9 cm³/mol. The molecule has 7 heteroatoms. The van der Waals surface area contributed by atoms with Gasteiger partial charge >= 0.3 is 5.97 Å². The lowest BCUT2D eigenvalue weighted by atomic mass is 10.1. The van der Waals surface area contributed by atoms with Gasteiger partial charge in [0.25, 0.3) is 0 Å². The average molecular weight is 307 g/mol. The molecule has 2 heterocycles. The smallest absolute Gasteiger partial charge is 0.333 e. The Labute approximate surface area is 127 Å². The second-order valence-electron chi connectivity index (χ2n) is 5.10. The van der Waals surface area contributed by atoms with E-state index in [0.29, 0.717) is 5.75 Å². The first-order valence-electron chi connectivity index (χ1n) is 6.84. The number of pyridine rings is 1.